The van der Waals surface area contributed by atoms with Gasteiger partial charge in [-0.2, -0.15) is 4.98 Å². The summed E-state index contributed by atoms with van der Waals surface area (Å²) in [6, 6.07) is 7.93. The minimum atomic E-state index is -0.0303. The van der Waals surface area contributed by atoms with Gasteiger partial charge in [0, 0.05) is 41.4 Å². The van der Waals surface area contributed by atoms with Crippen LogP contribution in [0.3, 0.4) is 0 Å². The van der Waals surface area contributed by atoms with Crippen molar-refractivity contribution in [3.8, 4) is 17.1 Å². The predicted molar refractivity (Wildman–Crippen MR) is 91.6 cm³/mol. The maximum absolute atomic E-state index is 12.2. The van der Waals surface area contributed by atoms with Crippen molar-refractivity contribution < 1.29 is 14.1 Å². The molecule has 2 atom stereocenters. The van der Waals surface area contributed by atoms with Crippen LogP contribution >= 0.6 is 0 Å². The van der Waals surface area contributed by atoms with E-state index in [2.05, 4.69) is 15.1 Å². The van der Waals surface area contributed by atoms with Gasteiger partial charge in [-0.3, -0.25) is 4.79 Å². The monoisotopic (exact) mass is 350 g/mol. The summed E-state index contributed by atoms with van der Waals surface area (Å²) in [6.45, 7) is 1.03. The first-order valence-corrected chi connectivity index (χ1v) is 8.82. The minimum Gasteiger partial charge on any atom is -0.380 e. The van der Waals surface area contributed by atoms with Gasteiger partial charge >= 0.3 is 0 Å². The number of hydrogen-bond acceptors (Lipinski definition) is 6. The molecule has 3 aromatic rings. The number of fused-ring (bicyclic) bond motifs is 2. The van der Waals surface area contributed by atoms with Crippen LogP contribution in [0.25, 0.3) is 17.1 Å². The molecule has 1 saturated carbocycles. The van der Waals surface area contributed by atoms with E-state index in [0.717, 1.165) is 24.1 Å². The van der Waals surface area contributed by atoms with Crippen LogP contribution in [0.15, 0.2) is 47.5 Å². The second kappa shape index (κ2) is 6.17. The van der Waals surface area contributed by atoms with Crippen LogP contribution in [0, 0.1) is 11.8 Å². The van der Waals surface area contributed by atoms with Gasteiger partial charge in [0.15, 0.2) is 0 Å². The molecule has 2 bridgehead atoms. The molecule has 5 rings (SSSR count). The lowest BCUT2D eigenvalue weighted by Gasteiger charge is -2.35. The molecule has 0 radical (unpaired) electrons. The SMILES string of the molecule is O=C1C2COCC1CC(c1nc(-c3ccc(-n4ccnc4)cc3)no1)C2. The topological polar surface area (TPSA) is 83.0 Å². The number of imidazole rings is 1. The van der Waals surface area contributed by atoms with E-state index in [9.17, 15) is 4.79 Å². The van der Waals surface area contributed by atoms with Crippen LogP contribution in [-0.2, 0) is 9.53 Å². The first-order valence-electron chi connectivity index (χ1n) is 8.82. The number of rotatable bonds is 3. The maximum atomic E-state index is 12.2. The Morgan fingerprint density at radius 1 is 1.04 bits per heavy atom. The van der Waals surface area contributed by atoms with Gasteiger partial charge in [-0.1, -0.05) is 5.16 Å². The van der Waals surface area contributed by atoms with Crippen molar-refractivity contribution in [2.45, 2.75) is 18.8 Å². The number of aromatic nitrogens is 4. The highest BCUT2D eigenvalue weighted by Gasteiger charge is 2.42. The molecule has 3 heterocycles. The van der Waals surface area contributed by atoms with Gasteiger partial charge < -0.3 is 13.8 Å². The van der Waals surface area contributed by atoms with E-state index in [4.69, 9.17) is 9.26 Å². The zero-order valence-corrected chi connectivity index (χ0v) is 14.1. The second-order valence-corrected chi connectivity index (χ2v) is 6.98. The molecule has 26 heavy (non-hydrogen) atoms. The lowest BCUT2D eigenvalue weighted by Crippen LogP contribution is -2.41. The Hall–Kier alpha value is -2.80. The number of ketones is 1. The van der Waals surface area contributed by atoms with Crippen LogP contribution in [0.1, 0.15) is 24.7 Å². The number of Topliss-reactive ketones (excluding diaryl/α,β-unsaturated/α-hetero) is 1. The average molecular weight is 350 g/mol. The van der Waals surface area contributed by atoms with Crippen LogP contribution < -0.4 is 0 Å². The zero-order chi connectivity index (χ0) is 17.5. The van der Waals surface area contributed by atoms with E-state index < -0.39 is 0 Å². The third kappa shape index (κ3) is 2.64. The molecule has 7 heteroatoms. The normalized spacial score (nSPS) is 25.4. The Bertz CT molecular complexity index is 901. The fraction of sp³-hybridized carbons (Fsp3) is 0.368. The van der Waals surface area contributed by atoms with E-state index in [-0.39, 0.29) is 17.8 Å². The lowest BCUT2D eigenvalue weighted by atomic mass is 9.73. The van der Waals surface area contributed by atoms with Gasteiger partial charge in [0.25, 0.3) is 0 Å². The summed E-state index contributed by atoms with van der Waals surface area (Å²) in [5, 5.41) is 4.15. The average Bonchev–Trinajstić information content (AvgIpc) is 3.34. The van der Waals surface area contributed by atoms with Crippen molar-refractivity contribution in [3.05, 3.63) is 48.9 Å². The number of carbonyl (C=O) groups is 1. The van der Waals surface area contributed by atoms with Crippen molar-refractivity contribution in [1.29, 1.82) is 0 Å². The van der Waals surface area contributed by atoms with Crippen molar-refractivity contribution >= 4 is 5.78 Å². The summed E-state index contributed by atoms with van der Waals surface area (Å²) in [5.74, 6) is 1.62. The lowest BCUT2D eigenvalue weighted by molar-refractivity contribution is -0.142. The molecule has 1 saturated heterocycles. The van der Waals surface area contributed by atoms with E-state index >= 15 is 0 Å². The van der Waals surface area contributed by atoms with Gasteiger partial charge in [0.05, 0.1) is 19.5 Å². The van der Waals surface area contributed by atoms with Crippen LogP contribution in [0.5, 0.6) is 0 Å². The molecular weight excluding hydrogens is 332 g/mol. The van der Waals surface area contributed by atoms with Crippen molar-refractivity contribution in [3.63, 3.8) is 0 Å². The molecule has 2 unspecified atom stereocenters. The molecule has 7 nitrogen and oxygen atoms in total. The molecule has 0 amide bonds. The third-order valence-corrected chi connectivity index (χ3v) is 5.30. The molecule has 132 valence electrons. The van der Waals surface area contributed by atoms with Crippen LogP contribution in [-0.4, -0.2) is 38.7 Å². The molecule has 1 aliphatic carbocycles. The first-order chi connectivity index (χ1) is 12.8. The van der Waals surface area contributed by atoms with Crippen molar-refractivity contribution in [2.75, 3.05) is 13.2 Å². The van der Waals surface area contributed by atoms with Crippen LogP contribution in [0.4, 0.5) is 0 Å². The smallest absolute Gasteiger partial charge is 0.230 e. The van der Waals surface area contributed by atoms with E-state index in [1.54, 1.807) is 12.5 Å². The summed E-state index contributed by atoms with van der Waals surface area (Å²) in [6.07, 6.45) is 6.86. The van der Waals surface area contributed by atoms with Gasteiger partial charge in [-0.25, -0.2) is 4.98 Å². The molecule has 2 fully saturated rings. The fourth-order valence-corrected chi connectivity index (χ4v) is 3.92. The maximum Gasteiger partial charge on any atom is 0.230 e. The Kier molecular flexibility index (Phi) is 3.67. The summed E-state index contributed by atoms with van der Waals surface area (Å²) < 4.78 is 13.0. The second-order valence-electron chi connectivity index (χ2n) is 6.98. The summed E-state index contributed by atoms with van der Waals surface area (Å²) >= 11 is 0. The third-order valence-electron chi connectivity index (χ3n) is 5.30. The van der Waals surface area contributed by atoms with Crippen molar-refractivity contribution in [1.82, 2.24) is 19.7 Å². The van der Waals surface area contributed by atoms with Gasteiger partial charge in [-0.05, 0) is 37.1 Å². The van der Waals surface area contributed by atoms with E-state index in [1.165, 1.54) is 0 Å². The number of hydrogen-bond donors (Lipinski definition) is 0. The van der Waals surface area contributed by atoms with Gasteiger partial charge in [0.2, 0.25) is 11.7 Å². The molecule has 1 aliphatic heterocycles. The zero-order valence-electron chi connectivity index (χ0n) is 14.1. The molecule has 0 spiro atoms. The highest BCUT2D eigenvalue weighted by molar-refractivity contribution is 5.85. The highest BCUT2D eigenvalue weighted by atomic mass is 16.5. The predicted octanol–water partition coefficient (Wildman–Crippen LogP) is 2.63. The molecule has 0 N–H and O–H groups in total. The van der Waals surface area contributed by atoms with Crippen molar-refractivity contribution in [2.24, 2.45) is 11.8 Å². The number of ether oxygens (including phenoxy) is 1. The number of nitrogens with zero attached hydrogens (tertiary/aromatic N) is 4. The van der Waals surface area contributed by atoms with E-state index in [0.29, 0.717) is 30.7 Å². The molecular formula is C19H18N4O3. The molecule has 2 aliphatic rings. The standard InChI is InChI=1S/C19H18N4O3/c24-17-14-7-13(8-15(17)10-25-9-14)19-21-18(22-26-19)12-1-3-16(4-2-12)23-6-5-20-11-23/h1-6,11,13-15H,7-10H2. The fourth-order valence-electron chi connectivity index (χ4n) is 3.92. The molecule has 1 aromatic carbocycles. The number of benzene rings is 1. The first kappa shape index (κ1) is 15.5. The Morgan fingerprint density at radius 3 is 2.50 bits per heavy atom. The highest BCUT2D eigenvalue weighted by Crippen LogP contribution is 2.39. The Balaban J connectivity index is 1.36. The van der Waals surface area contributed by atoms with Gasteiger partial charge in [0.1, 0.15) is 5.78 Å². The van der Waals surface area contributed by atoms with Crippen LogP contribution in [0.2, 0.25) is 0 Å². The van der Waals surface area contributed by atoms with E-state index in [1.807, 2.05) is 35.0 Å². The molecule has 2 aromatic heterocycles. The Morgan fingerprint density at radius 2 is 1.81 bits per heavy atom. The minimum absolute atomic E-state index is 0.0303. The summed E-state index contributed by atoms with van der Waals surface area (Å²) in [7, 11) is 0. The van der Waals surface area contributed by atoms with Gasteiger partial charge in [-0.15, -0.1) is 0 Å². The summed E-state index contributed by atoms with van der Waals surface area (Å²) in [5.41, 5.74) is 1.92. The quantitative estimate of drug-likeness (QED) is 0.722. The number of carbonyl (C=O) groups excluding carboxylic acids is 1. The largest absolute Gasteiger partial charge is 0.380 e. The Labute approximate surface area is 150 Å². The summed E-state index contributed by atoms with van der Waals surface area (Å²) in [4.78, 5) is 20.8.